The van der Waals surface area contributed by atoms with Gasteiger partial charge in [-0.2, -0.15) is 0 Å². The second-order valence-corrected chi connectivity index (χ2v) is 21.1. The molecule has 0 saturated heterocycles. The summed E-state index contributed by atoms with van der Waals surface area (Å²) in [7, 11) is 0. The molecule has 1 unspecified atom stereocenters. The highest BCUT2D eigenvalue weighted by molar-refractivity contribution is 5.70. The van der Waals surface area contributed by atoms with Gasteiger partial charge >= 0.3 is 11.9 Å². The van der Waals surface area contributed by atoms with Crippen LogP contribution in [0.15, 0.2) is 170 Å². The number of unbranched alkanes of at least 4 members (excludes halogenated alkanes) is 22. The Morgan fingerprint density at radius 1 is 0.287 bits per heavy atom. The number of allylic oxidation sites excluding steroid dienone is 28. The van der Waals surface area contributed by atoms with Crippen LogP contribution in [0.4, 0.5) is 0 Å². The van der Waals surface area contributed by atoms with Crippen LogP contribution in [0.25, 0.3) is 0 Å². The molecule has 0 radical (unpaired) electrons. The lowest BCUT2D eigenvalue weighted by Crippen LogP contribution is -2.28. The van der Waals surface area contributed by atoms with E-state index in [-0.39, 0.29) is 25.2 Å². The van der Waals surface area contributed by atoms with Gasteiger partial charge in [0.05, 0.1) is 6.61 Å². The zero-order valence-electron chi connectivity index (χ0n) is 51.5. The Balaban J connectivity index is 3.57. The standard InChI is InChI=1S/C75H120O5/c1-3-5-7-9-11-13-15-17-19-21-23-25-27-29-31-33-34-35-36-37-38-39-40-42-44-46-48-50-52-54-56-58-60-62-64-66-68-70-75(78)80-73(71-76)72-79-74(77)69-67-65-63-61-59-57-55-53-51-49-47-45-43-41-32-30-28-26-24-22-20-18-16-14-12-10-8-6-4-2/h5-8,11-14,17-20,23-26,29-32,34-35,37-38,40,42,46,48,73,76H,3-4,9-10,15-16,21-22,27-28,33,36,39,41,43-45,47,49-72H2,1-2H3/b7-5-,8-6-,13-11-,14-12-,19-17-,20-18-,25-23-,26-24-,31-29-,32-30-,35-34-,38-37-,42-40-,48-46-. The minimum absolute atomic E-state index is 0.0778. The molecule has 0 rings (SSSR count). The van der Waals surface area contributed by atoms with E-state index in [9.17, 15) is 14.7 Å². The summed E-state index contributed by atoms with van der Waals surface area (Å²) in [6.07, 6.45) is 106. The van der Waals surface area contributed by atoms with E-state index in [1.54, 1.807) is 0 Å². The summed E-state index contributed by atoms with van der Waals surface area (Å²) in [5, 5.41) is 9.69. The predicted octanol–water partition coefficient (Wildman–Crippen LogP) is 22.9. The topological polar surface area (TPSA) is 72.8 Å². The van der Waals surface area contributed by atoms with Gasteiger partial charge < -0.3 is 14.6 Å². The third-order valence-corrected chi connectivity index (χ3v) is 13.5. The van der Waals surface area contributed by atoms with Crippen molar-refractivity contribution in [1.29, 1.82) is 0 Å². The van der Waals surface area contributed by atoms with E-state index in [1.807, 2.05) is 0 Å². The number of aliphatic hydroxyl groups excluding tert-OH is 1. The van der Waals surface area contributed by atoms with E-state index in [2.05, 4.69) is 184 Å². The predicted molar refractivity (Wildman–Crippen MR) is 352 cm³/mol. The highest BCUT2D eigenvalue weighted by Crippen LogP contribution is 2.16. The molecule has 0 saturated carbocycles. The van der Waals surface area contributed by atoms with E-state index >= 15 is 0 Å². The molecular formula is C75H120O5. The lowest BCUT2D eigenvalue weighted by atomic mass is 10.0. The summed E-state index contributed by atoms with van der Waals surface area (Å²) in [6.45, 7) is 3.91. The molecule has 0 aliphatic heterocycles. The van der Waals surface area contributed by atoms with Gasteiger partial charge in [-0.1, -0.05) is 300 Å². The van der Waals surface area contributed by atoms with Crippen molar-refractivity contribution in [2.45, 2.75) is 277 Å². The zero-order valence-corrected chi connectivity index (χ0v) is 51.5. The largest absolute Gasteiger partial charge is 0.462 e. The summed E-state index contributed by atoms with van der Waals surface area (Å²) >= 11 is 0. The summed E-state index contributed by atoms with van der Waals surface area (Å²) in [6, 6.07) is 0. The van der Waals surface area contributed by atoms with Gasteiger partial charge in [0.1, 0.15) is 6.61 Å². The molecule has 0 aliphatic carbocycles. The van der Waals surface area contributed by atoms with Crippen LogP contribution in [0.5, 0.6) is 0 Å². The average Bonchev–Trinajstić information content (AvgIpc) is 3.46. The molecule has 1 N–H and O–H groups in total. The molecule has 5 nitrogen and oxygen atoms in total. The minimum Gasteiger partial charge on any atom is -0.462 e. The third kappa shape index (κ3) is 65.8. The first-order valence-corrected chi connectivity index (χ1v) is 32.7. The van der Waals surface area contributed by atoms with E-state index in [0.717, 1.165) is 135 Å². The average molecular weight is 1100 g/mol. The fraction of sp³-hybridized carbons (Fsp3) is 0.600. The highest BCUT2D eigenvalue weighted by Gasteiger charge is 2.16. The van der Waals surface area contributed by atoms with Crippen LogP contribution < -0.4 is 0 Å². The van der Waals surface area contributed by atoms with Crippen molar-refractivity contribution in [3.05, 3.63) is 170 Å². The van der Waals surface area contributed by atoms with Gasteiger partial charge in [0.25, 0.3) is 0 Å². The Kier molecular flexibility index (Phi) is 64.5. The summed E-state index contributed by atoms with van der Waals surface area (Å²) in [5.41, 5.74) is 0. The van der Waals surface area contributed by atoms with Gasteiger partial charge in [-0.3, -0.25) is 9.59 Å². The highest BCUT2D eigenvalue weighted by atomic mass is 16.6. The quantitative estimate of drug-likeness (QED) is 0.0373. The maximum absolute atomic E-state index is 12.4. The molecule has 450 valence electrons. The third-order valence-electron chi connectivity index (χ3n) is 13.5. The lowest BCUT2D eigenvalue weighted by Gasteiger charge is -2.15. The summed E-state index contributed by atoms with van der Waals surface area (Å²) < 4.78 is 10.7. The molecular weight excluding hydrogens is 981 g/mol. The van der Waals surface area contributed by atoms with Crippen molar-refractivity contribution >= 4 is 11.9 Å². The van der Waals surface area contributed by atoms with Gasteiger partial charge in [-0.15, -0.1) is 0 Å². The van der Waals surface area contributed by atoms with E-state index < -0.39 is 6.10 Å². The van der Waals surface area contributed by atoms with Crippen molar-refractivity contribution in [3.8, 4) is 0 Å². The Labute approximate surface area is 493 Å². The van der Waals surface area contributed by atoms with Crippen LogP contribution in [0.2, 0.25) is 0 Å². The lowest BCUT2D eigenvalue weighted by molar-refractivity contribution is -0.161. The van der Waals surface area contributed by atoms with Gasteiger partial charge in [0.2, 0.25) is 0 Å². The number of rotatable bonds is 58. The van der Waals surface area contributed by atoms with Crippen LogP contribution in [0, 0.1) is 0 Å². The second kappa shape index (κ2) is 68.5. The molecule has 0 spiro atoms. The molecule has 0 aromatic heterocycles. The maximum Gasteiger partial charge on any atom is 0.306 e. The molecule has 0 bridgehead atoms. The molecule has 80 heavy (non-hydrogen) atoms. The maximum atomic E-state index is 12.4. The molecule has 0 aromatic rings. The van der Waals surface area contributed by atoms with Crippen molar-refractivity contribution < 1.29 is 24.2 Å². The molecule has 0 aliphatic rings. The first kappa shape index (κ1) is 75.3. The van der Waals surface area contributed by atoms with E-state index in [0.29, 0.717) is 12.8 Å². The van der Waals surface area contributed by atoms with Crippen LogP contribution in [-0.4, -0.2) is 36.4 Å². The van der Waals surface area contributed by atoms with E-state index in [1.165, 1.54) is 109 Å². The number of aliphatic hydroxyl groups is 1. The molecule has 5 heteroatoms. The first-order valence-electron chi connectivity index (χ1n) is 32.7. The Bertz CT molecular complexity index is 1770. The molecule has 1 atom stereocenters. The SMILES string of the molecule is CC/C=C\C/C=C\C/C=C\C/C=C\C/C=C\C/C=C\C/C=C\C/C=C\C/C=C\CCCCCCCCCCCC(=O)OC(CO)COC(=O)CCCCCCCCCCCCCCC/C=C\C/C=C\C/C=C\C/C=C\C/C=C\CC. The number of esters is 2. The van der Waals surface area contributed by atoms with E-state index in [4.69, 9.17) is 9.47 Å². The number of hydrogen-bond acceptors (Lipinski definition) is 5. The number of carbonyl (C=O) groups excluding carboxylic acids is 2. The zero-order chi connectivity index (χ0) is 57.6. The first-order chi connectivity index (χ1) is 39.6. The van der Waals surface area contributed by atoms with Crippen molar-refractivity contribution in [2.75, 3.05) is 13.2 Å². The fourth-order valence-corrected chi connectivity index (χ4v) is 8.69. The second-order valence-electron chi connectivity index (χ2n) is 21.1. The van der Waals surface area contributed by atoms with Crippen molar-refractivity contribution in [3.63, 3.8) is 0 Å². The molecule has 0 amide bonds. The summed E-state index contributed by atoms with van der Waals surface area (Å²) in [5.74, 6) is -0.605. The Morgan fingerprint density at radius 3 is 0.750 bits per heavy atom. The van der Waals surface area contributed by atoms with Crippen molar-refractivity contribution in [2.24, 2.45) is 0 Å². The molecule has 0 fully saturated rings. The molecule has 0 heterocycles. The van der Waals surface area contributed by atoms with Crippen molar-refractivity contribution in [1.82, 2.24) is 0 Å². The Morgan fingerprint density at radius 2 is 0.500 bits per heavy atom. The van der Waals surface area contributed by atoms with Crippen LogP contribution in [0.3, 0.4) is 0 Å². The number of carbonyl (C=O) groups is 2. The normalized spacial score (nSPS) is 13.4. The fourth-order valence-electron chi connectivity index (χ4n) is 8.69. The van der Waals surface area contributed by atoms with Gasteiger partial charge in [0.15, 0.2) is 6.10 Å². The monoisotopic (exact) mass is 1100 g/mol. The van der Waals surface area contributed by atoms with Crippen LogP contribution in [-0.2, 0) is 19.1 Å². The summed E-state index contributed by atoms with van der Waals surface area (Å²) in [4.78, 5) is 24.6. The minimum atomic E-state index is -0.789. The van der Waals surface area contributed by atoms with Gasteiger partial charge in [0, 0.05) is 12.8 Å². The van der Waals surface area contributed by atoms with Crippen LogP contribution in [0.1, 0.15) is 271 Å². The van der Waals surface area contributed by atoms with Gasteiger partial charge in [-0.05, 0) is 128 Å². The Hall–Kier alpha value is -4.74. The van der Waals surface area contributed by atoms with Crippen LogP contribution >= 0.6 is 0 Å². The van der Waals surface area contributed by atoms with Gasteiger partial charge in [-0.25, -0.2) is 0 Å². The smallest absolute Gasteiger partial charge is 0.306 e. The molecule has 0 aromatic carbocycles. The number of ether oxygens (including phenoxy) is 2. The number of hydrogen-bond donors (Lipinski definition) is 1.